The molecule has 0 bridgehead atoms. The maximum Gasteiger partial charge on any atom is 0.225 e. The van der Waals surface area contributed by atoms with Crippen LogP contribution in [0.15, 0.2) is 30.3 Å². The predicted octanol–water partition coefficient (Wildman–Crippen LogP) is 0.313. The Balaban J connectivity index is 1.98. The lowest BCUT2D eigenvalue weighted by Gasteiger charge is -2.20. The second kappa shape index (κ2) is 4.63. The number of hydrogen-bond acceptors (Lipinski definition) is 3. The van der Waals surface area contributed by atoms with E-state index in [1.165, 1.54) is 4.90 Å². The van der Waals surface area contributed by atoms with Gasteiger partial charge >= 0.3 is 0 Å². The molecule has 0 radical (unpaired) electrons. The lowest BCUT2D eigenvalue weighted by atomic mass is 10.1. The number of carbonyl (C=O) groups excluding carboxylic acids is 1. The van der Waals surface area contributed by atoms with E-state index in [2.05, 4.69) is 0 Å². The maximum atomic E-state index is 11.4. The molecular formula is C12H15NO3. The zero-order valence-electron chi connectivity index (χ0n) is 8.91. The van der Waals surface area contributed by atoms with Crippen molar-refractivity contribution in [3.8, 4) is 0 Å². The van der Waals surface area contributed by atoms with Gasteiger partial charge in [0.15, 0.2) is 0 Å². The third-order valence-electron chi connectivity index (χ3n) is 2.77. The zero-order valence-corrected chi connectivity index (χ0v) is 8.91. The number of benzene rings is 1. The smallest absolute Gasteiger partial charge is 0.225 e. The van der Waals surface area contributed by atoms with Crippen molar-refractivity contribution in [2.45, 2.75) is 18.6 Å². The standard InChI is InChI=1S/C12H15NO3/c14-10-6-12(16)13(7-10)8-11(15)9-4-2-1-3-5-9/h1-5,10-11,14-15H,6-8H2. The van der Waals surface area contributed by atoms with Crippen LogP contribution >= 0.6 is 0 Å². The highest BCUT2D eigenvalue weighted by Crippen LogP contribution is 2.18. The summed E-state index contributed by atoms with van der Waals surface area (Å²) < 4.78 is 0. The monoisotopic (exact) mass is 221 g/mol. The molecule has 2 unspecified atom stereocenters. The number of aliphatic hydroxyl groups excluding tert-OH is 2. The maximum absolute atomic E-state index is 11.4. The lowest BCUT2D eigenvalue weighted by Crippen LogP contribution is -2.30. The number of likely N-dealkylation sites (tertiary alicyclic amines) is 1. The van der Waals surface area contributed by atoms with Crippen molar-refractivity contribution in [2.75, 3.05) is 13.1 Å². The number of aliphatic hydroxyl groups is 2. The van der Waals surface area contributed by atoms with E-state index in [0.29, 0.717) is 6.54 Å². The van der Waals surface area contributed by atoms with E-state index in [1.807, 2.05) is 30.3 Å². The molecule has 1 aromatic carbocycles. The highest BCUT2D eigenvalue weighted by atomic mass is 16.3. The second-order valence-electron chi connectivity index (χ2n) is 4.08. The minimum Gasteiger partial charge on any atom is -0.391 e. The van der Waals surface area contributed by atoms with Crippen molar-refractivity contribution in [1.29, 1.82) is 0 Å². The molecule has 0 aromatic heterocycles. The normalized spacial score (nSPS) is 22.5. The number of rotatable bonds is 3. The van der Waals surface area contributed by atoms with E-state index in [-0.39, 0.29) is 18.9 Å². The first-order valence-electron chi connectivity index (χ1n) is 5.35. The molecule has 1 aromatic rings. The molecule has 4 nitrogen and oxygen atoms in total. The Bertz CT molecular complexity index is 366. The third kappa shape index (κ3) is 2.40. The van der Waals surface area contributed by atoms with Crippen LogP contribution in [0.2, 0.25) is 0 Å². The molecule has 2 N–H and O–H groups in total. The van der Waals surface area contributed by atoms with Gasteiger partial charge in [0.05, 0.1) is 25.2 Å². The number of amides is 1. The summed E-state index contributed by atoms with van der Waals surface area (Å²) in [6, 6.07) is 9.21. The molecule has 2 rings (SSSR count). The minimum absolute atomic E-state index is 0.0949. The van der Waals surface area contributed by atoms with Crippen molar-refractivity contribution in [3.05, 3.63) is 35.9 Å². The zero-order chi connectivity index (χ0) is 11.5. The molecule has 0 aliphatic carbocycles. The van der Waals surface area contributed by atoms with E-state index >= 15 is 0 Å². The summed E-state index contributed by atoms with van der Waals surface area (Å²) in [5, 5.41) is 19.2. The highest BCUT2D eigenvalue weighted by molar-refractivity contribution is 5.79. The number of β-amino-alcohol motifs (C(OH)–C–C–N with tert-alkyl or cyclic N) is 2. The van der Waals surface area contributed by atoms with Gasteiger partial charge in [-0.2, -0.15) is 0 Å². The Hall–Kier alpha value is -1.39. The van der Waals surface area contributed by atoms with Gasteiger partial charge in [0.1, 0.15) is 0 Å². The highest BCUT2D eigenvalue weighted by Gasteiger charge is 2.29. The van der Waals surface area contributed by atoms with Crippen molar-refractivity contribution in [1.82, 2.24) is 4.90 Å². The van der Waals surface area contributed by atoms with Crippen LogP contribution in [0.25, 0.3) is 0 Å². The summed E-state index contributed by atoms with van der Waals surface area (Å²) in [6.07, 6.45) is -1.10. The molecule has 1 aliphatic rings. The van der Waals surface area contributed by atoms with E-state index in [9.17, 15) is 15.0 Å². The summed E-state index contributed by atoms with van der Waals surface area (Å²) in [7, 11) is 0. The first-order chi connectivity index (χ1) is 7.66. The largest absolute Gasteiger partial charge is 0.391 e. The van der Waals surface area contributed by atoms with Gasteiger partial charge < -0.3 is 15.1 Å². The van der Waals surface area contributed by atoms with Gasteiger partial charge in [-0.05, 0) is 5.56 Å². The van der Waals surface area contributed by atoms with Crippen LogP contribution in [0.1, 0.15) is 18.1 Å². The summed E-state index contributed by atoms with van der Waals surface area (Å²) in [4.78, 5) is 12.9. The van der Waals surface area contributed by atoms with Crippen LogP contribution in [-0.2, 0) is 4.79 Å². The quantitative estimate of drug-likeness (QED) is 0.772. The predicted molar refractivity (Wildman–Crippen MR) is 58.6 cm³/mol. The average Bonchev–Trinajstić information content (AvgIpc) is 2.59. The average molecular weight is 221 g/mol. The SMILES string of the molecule is O=C1CC(O)CN1CC(O)c1ccccc1. The Morgan fingerprint density at radius 3 is 2.62 bits per heavy atom. The van der Waals surface area contributed by atoms with Gasteiger partial charge in [0, 0.05) is 6.54 Å². The number of nitrogens with zero attached hydrogens (tertiary/aromatic N) is 1. The third-order valence-corrected chi connectivity index (χ3v) is 2.77. The van der Waals surface area contributed by atoms with E-state index in [1.54, 1.807) is 0 Å². The van der Waals surface area contributed by atoms with E-state index in [4.69, 9.17) is 0 Å². The van der Waals surface area contributed by atoms with Crippen molar-refractivity contribution in [2.24, 2.45) is 0 Å². The molecule has 1 saturated heterocycles. The fourth-order valence-electron chi connectivity index (χ4n) is 1.92. The van der Waals surface area contributed by atoms with Crippen LogP contribution in [0, 0.1) is 0 Å². The molecule has 1 aliphatic heterocycles. The topological polar surface area (TPSA) is 60.8 Å². The summed E-state index contributed by atoms with van der Waals surface area (Å²) in [6.45, 7) is 0.572. The van der Waals surface area contributed by atoms with Gasteiger partial charge in [-0.15, -0.1) is 0 Å². The molecular weight excluding hydrogens is 206 g/mol. The van der Waals surface area contributed by atoms with Crippen LogP contribution in [0.4, 0.5) is 0 Å². The Morgan fingerprint density at radius 1 is 1.38 bits per heavy atom. The summed E-state index contributed by atoms with van der Waals surface area (Å²) in [5.74, 6) is -0.0949. The van der Waals surface area contributed by atoms with Crippen molar-refractivity contribution >= 4 is 5.91 Å². The van der Waals surface area contributed by atoms with Gasteiger partial charge in [-0.1, -0.05) is 30.3 Å². The Labute approximate surface area is 94.1 Å². The van der Waals surface area contributed by atoms with Gasteiger partial charge in [0.2, 0.25) is 5.91 Å². The molecule has 0 spiro atoms. The molecule has 16 heavy (non-hydrogen) atoms. The van der Waals surface area contributed by atoms with Crippen molar-refractivity contribution in [3.63, 3.8) is 0 Å². The summed E-state index contributed by atoms with van der Waals surface area (Å²) >= 11 is 0. The Morgan fingerprint density at radius 2 is 2.06 bits per heavy atom. The molecule has 1 heterocycles. The molecule has 86 valence electrons. The van der Waals surface area contributed by atoms with Gasteiger partial charge in [0.25, 0.3) is 0 Å². The fraction of sp³-hybridized carbons (Fsp3) is 0.417. The van der Waals surface area contributed by atoms with Crippen LogP contribution < -0.4 is 0 Å². The first kappa shape index (κ1) is 11.1. The summed E-state index contributed by atoms with van der Waals surface area (Å²) in [5.41, 5.74) is 0.789. The van der Waals surface area contributed by atoms with E-state index in [0.717, 1.165) is 5.56 Å². The van der Waals surface area contributed by atoms with E-state index < -0.39 is 12.2 Å². The number of carbonyl (C=O) groups is 1. The second-order valence-corrected chi connectivity index (χ2v) is 4.08. The van der Waals surface area contributed by atoms with Crippen LogP contribution in [0.3, 0.4) is 0 Å². The molecule has 4 heteroatoms. The minimum atomic E-state index is -0.685. The Kier molecular flexibility index (Phi) is 3.22. The molecule has 1 amide bonds. The first-order valence-corrected chi connectivity index (χ1v) is 5.35. The van der Waals surface area contributed by atoms with Crippen LogP contribution in [-0.4, -0.2) is 40.2 Å². The lowest BCUT2D eigenvalue weighted by molar-refractivity contribution is -0.129. The van der Waals surface area contributed by atoms with Gasteiger partial charge in [-0.25, -0.2) is 0 Å². The van der Waals surface area contributed by atoms with Gasteiger partial charge in [-0.3, -0.25) is 4.79 Å². The fourth-order valence-corrected chi connectivity index (χ4v) is 1.92. The molecule has 1 fully saturated rings. The van der Waals surface area contributed by atoms with Crippen molar-refractivity contribution < 1.29 is 15.0 Å². The molecule has 2 atom stereocenters. The van der Waals surface area contributed by atoms with Crippen LogP contribution in [0.5, 0.6) is 0 Å². The number of hydrogen-bond donors (Lipinski definition) is 2. The molecule has 0 saturated carbocycles.